The van der Waals surface area contributed by atoms with Crippen molar-refractivity contribution in [2.45, 2.75) is 7.43 Å². The van der Waals surface area contributed by atoms with E-state index >= 15 is 0 Å². The second-order valence-electron chi connectivity index (χ2n) is 23.2. The van der Waals surface area contributed by atoms with Gasteiger partial charge in [0.2, 0.25) is 4.60 Å². The minimum absolute atomic E-state index is 0. The molecule has 0 aliphatic heterocycles. The van der Waals surface area contributed by atoms with Crippen LogP contribution in [-0.4, -0.2) is 55.9 Å². The zero-order chi connectivity index (χ0) is 76.6. The summed E-state index contributed by atoms with van der Waals surface area (Å²) >= 11 is 14.8. The van der Waals surface area contributed by atoms with Crippen molar-refractivity contribution in [1.82, 2.24) is 29.9 Å². The SMILES string of the molecule is C.OB(O)c1ccc2c(c1)sc1ccccc12.[3H][B][P-2].[C-]#[N+]c1nc(-c2ccc3c(c2)sc2ccccc23)c(-c2ccc3c(c2)sc2ccccc23)nc1C#N.[C-]#[N+]c1nc(Br)c(Br)nc1C#N.[C-]#[N+]c1nc2c3cc4sc5ccccc5c4cc3c3cc4c(cc3c2nc1C#N)sc1ccccc14.[Cl][Mo]([Cl])([Cl])([Cl])[Cl]. The second kappa shape index (κ2) is 32.6. The molecule has 0 atom stereocenters. The number of hydrogen-bond donors (Lipinski definition) is 2. The zero-order valence-corrected chi connectivity index (χ0v) is 68.4. The van der Waals surface area contributed by atoms with E-state index in [4.69, 9.17) is 93.4 Å². The summed E-state index contributed by atoms with van der Waals surface area (Å²) in [5.74, 6) is 0.0771. The molecule has 19 rings (SSSR count). The van der Waals surface area contributed by atoms with Gasteiger partial charge in [-0.15, -0.1) is 73.0 Å². The van der Waals surface area contributed by atoms with Gasteiger partial charge in [0, 0.05) is 139 Å². The van der Waals surface area contributed by atoms with Gasteiger partial charge in [-0.05, 0) is 111 Å². The van der Waals surface area contributed by atoms with Gasteiger partial charge in [0.1, 0.15) is 29.4 Å². The molecule has 526 valence electrons. The third-order valence-electron chi connectivity index (χ3n) is 17.0. The van der Waals surface area contributed by atoms with E-state index in [1.54, 1.807) is 68.8 Å². The van der Waals surface area contributed by atoms with Crippen molar-refractivity contribution >= 4 is 316 Å². The minimum atomic E-state index is -4.26. The Labute approximate surface area is 683 Å². The maximum absolute atomic E-state index is 9.69. The molecule has 30 heteroatoms. The normalized spacial score (nSPS) is 11.4. The Hall–Kier alpha value is -8.94. The Bertz CT molecular complexity index is 6900. The molecule has 0 bridgehead atoms. The van der Waals surface area contributed by atoms with Gasteiger partial charge in [-0.1, -0.05) is 148 Å². The van der Waals surface area contributed by atoms with Crippen LogP contribution in [0.15, 0.2) is 209 Å². The molecule has 0 amide bonds. The van der Waals surface area contributed by atoms with Crippen LogP contribution in [0, 0.1) is 53.7 Å². The molecule has 0 aliphatic rings. The van der Waals surface area contributed by atoms with E-state index in [1.165, 1.54) is 86.8 Å². The molecule has 19 aromatic rings. The molecule has 1 radical (unpaired) electrons. The molecule has 8 aromatic heterocycles. The maximum atomic E-state index is 9.69. The van der Waals surface area contributed by atoms with E-state index < -0.39 is 16.7 Å². The zero-order valence-electron chi connectivity index (χ0n) is 55.5. The molecule has 0 aliphatic carbocycles. The van der Waals surface area contributed by atoms with Crippen LogP contribution in [0.3, 0.4) is 0 Å². The Morgan fingerprint density at radius 2 is 0.697 bits per heavy atom. The van der Waals surface area contributed by atoms with Gasteiger partial charge in [0.05, 0.1) is 0 Å². The first kappa shape index (κ1) is 76.8. The summed E-state index contributed by atoms with van der Waals surface area (Å²) in [4.78, 5) is 36.4. The molecule has 0 spiro atoms. The van der Waals surface area contributed by atoms with Crippen molar-refractivity contribution < 1.29 is 19.7 Å². The summed E-state index contributed by atoms with van der Waals surface area (Å²) in [6.45, 7) is 21.8. The number of nitriles is 3. The number of rotatable bonds is 3. The van der Waals surface area contributed by atoms with Crippen LogP contribution in [0.1, 0.15) is 24.5 Å². The molecule has 11 aromatic carbocycles. The quantitative estimate of drug-likeness (QED) is 0.0737. The average molecular weight is 1840 g/mol. The third-order valence-corrected chi connectivity index (χ3v) is 24.3. The van der Waals surface area contributed by atoms with Crippen LogP contribution in [0.4, 0.5) is 17.5 Å². The molecular formula is C79H40B2Br2Cl5MoN12O2PS5-2. The van der Waals surface area contributed by atoms with E-state index in [1.807, 2.05) is 36.4 Å². The number of thiophene rings is 5. The number of halogens is 7. The first-order chi connectivity index (χ1) is 52.5. The van der Waals surface area contributed by atoms with Crippen LogP contribution in [0.5, 0.6) is 0 Å². The second-order valence-corrected chi connectivity index (χ2v) is 60.6. The fourth-order valence-electron chi connectivity index (χ4n) is 12.5. The molecule has 0 fully saturated rings. The van der Waals surface area contributed by atoms with E-state index in [0.29, 0.717) is 37.1 Å². The molecule has 0 unspecified atom stereocenters. The van der Waals surface area contributed by atoms with Gasteiger partial charge in [-0.2, -0.15) is 15.8 Å². The fourth-order valence-corrected chi connectivity index (χ4v) is 18.7. The molecular weight excluding hydrogens is 1790 g/mol. The fraction of sp³-hybridized carbons (Fsp3) is 0.0127. The van der Waals surface area contributed by atoms with Crippen LogP contribution in [0.2, 0.25) is 0 Å². The van der Waals surface area contributed by atoms with Crippen molar-refractivity contribution in [3.63, 3.8) is 0 Å². The van der Waals surface area contributed by atoms with Crippen molar-refractivity contribution in [3.8, 4) is 40.7 Å². The summed E-state index contributed by atoms with van der Waals surface area (Å²) in [5.41, 5.74) is 4.99. The van der Waals surface area contributed by atoms with E-state index in [0.717, 1.165) is 54.3 Å². The van der Waals surface area contributed by atoms with Gasteiger partial charge in [0.15, 0.2) is 32.9 Å². The van der Waals surface area contributed by atoms with Crippen molar-refractivity contribution in [1.29, 1.82) is 17.1 Å². The van der Waals surface area contributed by atoms with Crippen LogP contribution in [-0.2, 0) is 9.60 Å². The van der Waals surface area contributed by atoms with E-state index in [-0.39, 0.29) is 42.0 Å². The van der Waals surface area contributed by atoms with Crippen LogP contribution in [0.25, 0.3) is 170 Å². The predicted octanol–water partition coefficient (Wildman–Crippen LogP) is 26.5. The van der Waals surface area contributed by atoms with Crippen LogP contribution < -0.4 is 5.46 Å². The van der Waals surface area contributed by atoms with Gasteiger partial charge in [-0.25, -0.2) is 15.0 Å². The predicted molar refractivity (Wildman–Crippen MR) is 469 cm³/mol. The summed E-state index contributed by atoms with van der Waals surface area (Å²) in [7, 11) is 23.8. The van der Waals surface area contributed by atoms with E-state index in [9.17, 15) is 10.5 Å². The Balaban J connectivity index is 0.000000133. The number of aromatic nitrogens is 6. The van der Waals surface area contributed by atoms with E-state index in [2.05, 4.69) is 245 Å². The summed E-state index contributed by atoms with van der Waals surface area (Å²) < 4.78 is 18.7. The standard InChI is InChI=1S/C30H12N4S2.C30H14N4S2.C12H9BO2S.C6Br2N4.CH4.BHP.5ClH.Mo/c1-32-30-23(14-31)33-28-21-12-26-19(15-6-2-4-8-24(15)35-26)10-17(21)18-11-20-16-7-3-5-9-25(16)36-27(20)13-22(18)29(28)34-30;1-32-30-23(16-31)33-28(17-10-12-21-19-6-2-4-8-24(19)35-26(21)14-17)29(34-30)18-11-13-22-20-7-3-5-9-25(20)36-27(22)15-18;14-13(15)8-5-6-10-9-3-1-2-4-11(9)16-12(10)7-8;1-10-6-3(2-9)11-4(7)5(8)12-6;;1-2;;;;;;/h2-13H;2-15H;1-7,14-15H;;1H4;1H;5*1H;/q;;;;;-2;;;;;;+5/p-5/i;;;;;1T;;;;;;. The first-order valence-corrected chi connectivity index (χ1v) is 50.5. The van der Waals surface area contributed by atoms with Gasteiger partial charge in [0.25, 0.3) is 0 Å². The van der Waals surface area contributed by atoms with Crippen molar-refractivity contribution in [2.24, 2.45) is 0 Å². The van der Waals surface area contributed by atoms with Gasteiger partial charge in [-0.3, -0.25) is 0 Å². The van der Waals surface area contributed by atoms with Crippen LogP contribution >= 0.6 is 145 Å². The van der Waals surface area contributed by atoms with Crippen molar-refractivity contribution in [2.75, 3.05) is 0 Å². The molecule has 0 saturated carbocycles. The molecule has 0 saturated heterocycles. The Kier molecular flexibility index (Phi) is 22.9. The Morgan fingerprint density at radius 3 is 1.09 bits per heavy atom. The van der Waals surface area contributed by atoms with Crippen molar-refractivity contribution in [3.05, 3.63) is 261 Å². The first-order valence-electron chi connectivity index (χ1n) is 31.9. The number of hydrogen-bond acceptors (Lipinski definition) is 16. The summed E-state index contributed by atoms with van der Waals surface area (Å²) in [5, 5.41) is 62.4. The number of fused-ring (bicyclic) bond motifs is 21. The number of benzene rings is 11. The monoisotopic (exact) mass is 1830 g/mol. The molecule has 109 heavy (non-hydrogen) atoms. The summed E-state index contributed by atoms with van der Waals surface area (Å²) in [6, 6.07) is 74.7. The Morgan fingerprint density at radius 1 is 0.394 bits per heavy atom. The molecule has 2 N–H and O–H groups in total. The average Bonchev–Trinajstić information content (AvgIpc) is 1.41. The number of nitrogens with zero attached hydrogens (tertiary/aromatic N) is 12. The molecule has 14 nitrogen and oxygen atoms in total. The molecule has 8 heterocycles. The third kappa shape index (κ3) is 16.1. The van der Waals surface area contributed by atoms with Gasteiger partial charge >= 0.3 is 81.3 Å². The van der Waals surface area contributed by atoms with Gasteiger partial charge < -0.3 is 41.2 Å². The summed E-state index contributed by atoms with van der Waals surface area (Å²) in [6.07, 6.45) is 0. The topological polar surface area (TPSA) is 202 Å².